The molecule has 1 N–H and O–H groups in total. The predicted molar refractivity (Wildman–Crippen MR) is 127 cm³/mol. The van der Waals surface area contributed by atoms with Gasteiger partial charge in [0, 0.05) is 18.7 Å². The number of esters is 1. The van der Waals surface area contributed by atoms with Gasteiger partial charge < -0.3 is 19.5 Å². The van der Waals surface area contributed by atoms with Gasteiger partial charge in [0.1, 0.15) is 0 Å². The molecule has 0 aliphatic carbocycles. The third kappa shape index (κ3) is 5.76. The van der Waals surface area contributed by atoms with Crippen LogP contribution in [0.25, 0.3) is 6.08 Å². The van der Waals surface area contributed by atoms with Crippen LogP contribution in [0, 0.1) is 0 Å². The van der Waals surface area contributed by atoms with E-state index in [1.54, 1.807) is 24.3 Å². The maximum absolute atomic E-state index is 12.7. The molecular weight excluding hydrogens is 460 g/mol. The monoisotopic (exact) mass is 484 g/mol. The molecule has 1 aliphatic rings. The Morgan fingerprint density at radius 2 is 1.74 bits per heavy atom. The Morgan fingerprint density at radius 1 is 1.03 bits per heavy atom. The summed E-state index contributed by atoms with van der Waals surface area (Å²) < 4.78 is 15.4. The highest BCUT2D eigenvalue weighted by atomic mass is 32.2. The number of hydrogen-bond donors (Lipinski definition) is 1. The summed E-state index contributed by atoms with van der Waals surface area (Å²) in [5, 5.41) is 2.26. The second-order valence-electron chi connectivity index (χ2n) is 7.00. The third-order valence-corrected chi connectivity index (χ3v) is 5.76. The van der Waals surface area contributed by atoms with Crippen molar-refractivity contribution in [1.29, 1.82) is 0 Å². The average Bonchev–Trinajstić information content (AvgIpc) is 3.11. The minimum absolute atomic E-state index is 0.0284. The van der Waals surface area contributed by atoms with Gasteiger partial charge in [0.2, 0.25) is 0 Å². The Labute approximate surface area is 201 Å². The van der Waals surface area contributed by atoms with E-state index in [4.69, 9.17) is 9.47 Å². The van der Waals surface area contributed by atoms with Gasteiger partial charge in [0.25, 0.3) is 17.1 Å². The summed E-state index contributed by atoms with van der Waals surface area (Å²) in [5.74, 6) is -0.203. The fourth-order valence-corrected chi connectivity index (χ4v) is 4.02. The molecule has 0 bridgehead atoms. The molecule has 0 radical (unpaired) electrons. The van der Waals surface area contributed by atoms with Gasteiger partial charge in [-0.3, -0.25) is 19.3 Å². The number of hydrogen-bond acceptors (Lipinski definition) is 8. The SMILES string of the molecule is CCOc1ccc(/C=C2\SC(=O)N(CCNC(=O)c3ccc(C(=O)OC)cc3)C2=O)cc1OC. The Morgan fingerprint density at radius 3 is 2.38 bits per heavy atom. The molecule has 1 saturated heterocycles. The number of thioether (sulfide) groups is 1. The molecule has 9 nitrogen and oxygen atoms in total. The molecule has 1 heterocycles. The van der Waals surface area contributed by atoms with E-state index in [2.05, 4.69) is 10.1 Å². The quantitative estimate of drug-likeness (QED) is 0.426. The van der Waals surface area contributed by atoms with E-state index in [9.17, 15) is 19.2 Å². The number of nitrogens with zero attached hydrogens (tertiary/aromatic N) is 1. The van der Waals surface area contributed by atoms with E-state index in [1.807, 2.05) is 6.92 Å². The van der Waals surface area contributed by atoms with Gasteiger partial charge >= 0.3 is 5.97 Å². The smallest absolute Gasteiger partial charge is 0.337 e. The molecule has 10 heteroatoms. The Bertz CT molecular complexity index is 1130. The largest absolute Gasteiger partial charge is 0.493 e. The average molecular weight is 485 g/mol. The van der Waals surface area contributed by atoms with Gasteiger partial charge in [-0.1, -0.05) is 6.07 Å². The maximum atomic E-state index is 12.7. The molecule has 0 aromatic heterocycles. The summed E-state index contributed by atoms with van der Waals surface area (Å²) >= 11 is 0.836. The predicted octanol–water partition coefficient (Wildman–Crippen LogP) is 3.35. The molecule has 3 amide bonds. The van der Waals surface area contributed by atoms with Gasteiger partial charge in [0.15, 0.2) is 11.5 Å². The first-order valence-electron chi connectivity index (χ1n) is 10.4. The van der Waals surface area contributed by atoms with E-state index >= 15 is 0 Å². The first-order chi connectivity index (χ1) is 16.4. The molecule has 178 valence electrons. The zero-order valence-corrected chi connectivity index (χ0v) is 19.8. The number of ether oxygens (including phenoxy) is 3. The third-order valence-electron chi connectivity index (χ3n) is 4.85. The van der Waals surface area contributed by atoms with Crippen LogP contribution in [0.15, 0.2) is 47.4 Å². The lowest BCUT2D eigenvalue weighted by atomic mass is 10.1. The first-order valence-corrected chi connectivity index (χ1v) is 11.2. The van der Waals surface area contributed by atoms with Gasteiger partial charge in [-0.05, 0) is 66.7 Å². The number of imide groups is 1. The summed E-state index contributed by atoms with van der Waals surface area (Å²) in [6, 6.07) is 11.2. The summed E-state index contributed by atoms with van der Waals surface area (Å²) in [6.45, 7) is 2.47. The van der Waals surface area contributed by atoms with Gasteiger partial charge in [-0.15, -0.1) is 0 Å². The zero-order chi connectivity index (χ0) is 24.7. The highest BCUT2D eigenvalue weighted by Crippen LogP contribution is 2.34. The number of carbonyl (C=O) groups is 4. The highest BCUT2D eigenvalue weighted by Gasteiger charge is 2.34. The molecule has 1 fully saturated rings. The second-order valence-corrected chi connectivity index (χ2v) is 7.99. The first kappa shape index (κ1) is 24.8. The van der Waals surface area contributed by atoms with Crippen molar-refractivity contribution < 1.29 is 33.4 Å². The normalized spacial score (nSPS) is 14.3. The Balaban J connectivity index is 1.60. The molecule has 34 heavy (non-hydrogen) atoms. The second kappa shape index (κ2) is 11.4. The minimum atomic E-state index is -0.497. The molecular formula is C24H24N2O7S. The van der Waals surface area contributed by atoms with Crippen LogP contribution in [0.5, 0.6) is 11.5 Å². The van der Waals surface area contributed by atoms with Crippen molar-refractivity contribution in [1.82, 2.24) is 10.2 Å². The fraction of sp³-hybridized carbons (Fsp3) is 0.250. The molecule has 0 saturated carbocycles. The van der Waals surface area contributed by atoms with Crippen molar-refractivity contribution in [3.63, 3.8) is 0 Å². The topological polar surface area (TPSA) is 111 Å². The van der Waals surface area contributed by atoms with E-state index in [-0.39, 0.29) is 23.9 Å². The Kier molecular flexibility index (Phi) is 8.31. The maximum Gasteiger partial charge on any atom is 0.337 e. The molecule has 0 spiro atoms. The molecule has 1 aliphatic heterocycles. The number of rotatable bonds is 9. The number of methoxy groups -OCH3 is 2. The molecule has 0 atom stereocenters. The lowest BCUT2D eigenvalue weighted by Gasteiger charge is -2.13. The van der Waals surface area contributed by atoms with E-state index in [0.29, 0.717) is 34.8 Å². The van der Waals surface area contributed by atoms with Gasteiger partial charge in [-0.25, -0.2) is 4.79 Å². The van der Waals surface area contributed by atoms with Crippen LogP contribution < -0.4 is 14.8 Å². The van der Waals surface area contributed by atoms with Crippen molar-refractivity contribution in [2.45, 2.75) is 6.92 Å². The summed E-state index contributed by atoms with van der Waals surface area (Å²) in [6.07, 6.45) is 1.62. The lowest BCUT2D eigenvalue weighted by Crippen LogP contribution is -2.37. The highest BCUT2D eigenvalue weighted by molar-refractivity contribution is 8.18. The molecule has 3 rings (SSSR count). The van der Waals surface area contributed by atoms with Crippen LogP contribution in [0.3, 0.4) is 0 Å². The molecule has 2 aromatic carbocycles. The Hall–Kier alpha value is -3.79. The molecule has 0 unspecified atom stereocenters. The number of benzene rings is 2. The van der Waals surface area contributed by atoms with E-state index < -0.39 is 17.1 Å². The van der Waals surface area contributed by atoms with E-state index in [0.717, 1.165) is 16.7 Å². The van der Waals surface area contributed by atoms with Crippen molar-refractivity contribution in [2.75, 3.05) is 33.9 Å². The van der Waals surface area contributed by atoms with Gasteiger partial charge in [0.05, 0.1) is 31.3 Å². The number of amides is 3. The summed E-state index contributed by atoms with van der Waals surface area (Å²) in [4.78, 5) is 50.2. The summed E-state index contributed by atoms with van der Waals surface area (Å²) in [7, 11) is 2.80. The van der Waals surface area contributed by atoms with Crippen molar-refractivity contribution in [2.24, 2.45) is 0 Å². The fourth-order valence-electron chi connectivity index (χ4n) is 3.15. The van der Waals surface area contributed by atoms with Crippen LogP contribution >= 0.6 is 11.8 Å². The van der Waals surface area contributed by atoms with Crippen LogP contribution in [-0.2, 0) is 9.53 Å². The molecule has 2 aromatic rings. The van der Waals surface area contributed by atoms with Crippen molar-refractivity contribution >= 4 is 40.9 Å². The standard InChI is InChI=1S/C24H24N2O7S/c1-4-33-18-10-5-15(13-19(18)31-2)14-20-22(28)26(24(30)34-20)12-11-25-21(27)16-6-8-17(9-7-16)23(29)32-3/h5-10,13-14H,4,11-12H2,1-3H3,(H,25,27)/b20-14-. The van der Waals surface area contributed by atoms with Crippen LogP contribution in [0.1, 0.15) is 33.2 Å². The minimum Gasteiger partial charge on any atom is -0.493 e. The van der Waals surface area contributed by atoms with Crippen LogP contribution in [0.4, 0.5) is 4.79 Å². The zero-order valence-electron chi connectivity index (χ0n) is 19.0. The van der Waals surface area contributed by atoms with Crippen LogP contribution in [-0.4, -0.2) is 61.8 Å². The van der Waals surface area contributed by atoms with Crippen molar-refractivity contribution in [3.05, 3.63) is 64.1 Å². The van der Waals surface area contributed by atoms with E-state index in [1.165, 1.54) is 38.5 Å². The number of nitrogens with one attached hydrogen (secondary N) is 1. The van der Waals surface area contributed by atoms with Gasteiger partial charge in [-0.2, -0.15) is 0 Å². The summed E-state index contributed by atoms with van der Waals surface area (Å²) in [5.41, 5.74) is 1.36. The number of carbonyl (C=O) groups excluding carboxylic acids is 4. The lowest BCUT2D eigenvalue weighted by molar-refractivity contribution is -0.122. The van der Waals surface area contributed by atoms with Crippen LogP contribution in [0.2, 0.25) is 0 Å². The van der Waals surface area contributed by atoms with Crippen molar-refractivity contribution in [3.8, 4) is 11.5 Å².